The van der Waals surface area contributed by atoms with Gasteiger partial charge in [-0.25, -0.2) is 9.78 Å². The van der Waals surface area contributed by atoms with Crippen LogP contribution in [0, 0.1) is 0 Å². The molecule has 1 aliphatic heterocycles. The predicted octanol–water partition coefficient (Wildman–Crippen LogP) is 2.41. The molecule has 1 aliphatic rings. The number of likely N-dealkylation sites (tertiary alicyclic amines) is 1. The second-order valence-electron chi connectivity index (χ2n) is 4.75. The molecule has 1 aromatic rings. The Hall–Kier alpha value is -1.14. The number of rotatable bonds is 4. The summed E-state index contributed by atoms with van der Waals surface area (Å²) >= 11 is 3.21. The summed E-state index contributed by atoms with van der Waals surface area (Å²) in [4.78, 5) is 17.4. The van der Waals surface area contributed by atoms with Crippen LogP contribution in [-0.4, -0.2) is 47.2 Å². The van der Waals surface area contributed by atoms with Crippen molar-refractivity contribution in [3.63, 3.8) is 0 Å². The van der Waals surface area contributed by atoms with Crippen LogP contribution in [0.4, 0.5) is 0 Å². The van der Waals surface area contributed by atoms with Crippen molar-refractivity contribution >= 4 is 21.9 Å². The van der Waals surface area contributed by atoms with Crippen molar-refractivity contribution < 1.29 is 14.6 Å². The van der Waals surface area contributed by atoms with Crippen LogP contribution >= 0.6 is 15.9 Å². The predicted molar refractivity (Wildman–Crippen MR) is 74.7 cm³/mol. The summed E-state index contributed by atoms with van der Waals surface area (Å²) in [5.74, 6) is -0.838. The number of nitrogens with zero attached hydrogens (tertiary/aromatic N) is 2. The van der Waals surface area contributed by atoms with E-state index in [1.165, 1.54) is 18.9 Å². The van der Waals surface area contributed by atoms with Crippen LogP contribution in [0.1, 0.15) is 29.6 Å². The molecule has 0 aromatic carbocycles. The lowest BCUT2D eigenvalue weighted by Crippen LogP contribution is -2.40. The van der Waals surface area contributed by atoms with E-state index < -0.39 is 5.97 Å². The molecule has 0 aliphatic carbocycles. The number of likely N-dealkylation sites (N-methyl/N-ethyl adjacent to an activating group) is 1. The summed E-state index contributed by atoms with van der Waals surface area (Å²) < 4.78 is 6.24. The van der Waals surface area contributed by atoms with E-state index in [2.05, 4.69) is 32.9 Å². The average Bonchev–Trinajstić information content (AvgIpc) is 2.38. The Morgan fingerprint density at radius 3 is 3.11 bits per heavy atom. The summed E-state index contributed by atoms with van der Waals surface area (Å²) in [7, 11) is 2.07. The molecule has 1 fully saturated rings. The van der Waals surface area contributed by atoms with Crippen LogP contribution in [0.2, 0.25) is 0 Å². The highest BCUT2D eigenvalue weighted by molar-refractivity contribution is 9.10. The number of piperidine rings is 1. The average molecular weight is 329 g/mol. The standard InChI is InChI=1S/C13H17BrN2O3/c1-16-5-3-2-4-10(16)8-19-12-11(13(17)18)6-9(14)7-15-12/h6-7,10H,2-5,8H2,1H3,(H,17,18). The van der Waals surface area contributed by atoms with Crippen LogP contribution in [-0.2, 0) is 0 Å². The molecular weight excluding hydrogens is 312 g/mol. The summed E-state index contributed by atoms with van der Waals surface area (Å²) in [6, 6.07) is 1.84. The molecule has 0 saturated carbocycles. The first-order valence-electron chi connectivity index (χ1n) is 6.30. The molecule has 1 saturated heterocycles. The zero-order chi connectivity index (χ0) is 13.8. The summed E-state index contributed by atoms with van der Waals surface area (Å²) in [5.41, 5.74) is 0.0906. The fourth-order valence-corrected chi connectivity index (χ4v) is 2.56. The third-order valence-electron chi connectivity index (χ3n) is 3.38. The van der Waals surface area contributed by atoms with Crippen LogP contribution < -0.4 is 4.74 Å². The lowest BCUT2D eigenvalue weighted by atomic mass is 10.0. The van der Waals surface area contributed by atoms with Gasteiger partial charge in [0.05, 0.1) is 0 Å². The van der Waals surface area contributed by atoms with Crippen molar-refractivity contribution in [3.8, 4) is 5.88 Å². The van der Waals surface area contributed by atoms with E-state index in [9.17, 15) is 4.79 Å². The molecule has 2 rings (SSSR count). The van der Waals surface area contributed by atoms with Crippen LogP contribution in [0.5, 0.6) is 5.88 Å². The molecule has 1 atom stereocenters. The highest BCUT2D eigenvalue weighted by Crippen LogP contribution is 2.22. The van der Waals surface area contributed by atoms with Gasteiger partial charge in [-0.2, -0.15) is 0 Å². The molecule has 0 radical (unpaired) electrons. The minimum Gasteiger partial charge on any atom is -0.477 e. The van der Waals surface area contributed by atoms with Gasteiger partial charge in [-0.15, -0.1) is 0 Å². The van der Waals surface area contributed by atoms with Gasteiger partial charge in [-0.3, -0.25) is 0 Å². The number of ether oxygens (including phenoxy) is 1. The van der Waals surface area contributed by atoms with Crippen LogP contribution in [0.3, 0.4) is 0 Å². The van der Waals surface area contributed by atoms with Crippen molar-refractivity contribution in [2.24, 2.45) is 0 Å². The van der Waals surface area contributed by atoms with Crippen molar-refractivity contribution in [2.45, 2.75) is 25.3 Å². The Morgan fingerprint density at radius 2 is 2.42 bits per heavy atom. The third kappa shape index (κ3) is 3.67. The van der Waals surface area contributed by atoms with Crippen LogP contribution in [0.15, 0.2) is 16.7 Å². The first-order valence-corrected chi connectivity index (χ1v) is 7.09. The SMILES string of the molecule is CN1CCCCC1COc1ncc(Br)cc1C(=O)O. The molecule has 0 amide bonds. The molecule has 5 nitrogen and oxygen atoms in total. The molecule has 0 bridgehead atoms. The number of hydrogen-bond acceptors (Lipinski definition) is 4. The van der Waals surface area contributed by atoms with E-state index in [1.807, 2.05) is 0 Å². The maximum absolute atomic E-state index is 11.1. The number of aromatic carboxylic acids is 1. The summed E-state index contributed by atoms with van der Waals surface area (Å²) in [5, 5.41) is 9.13. The Morgan fingerprint density at radius 1 is 1.63 bits per heavy atom. The van der Waals surface area contributed by atoms with Gasteiger partial charge in [-0.05, 0) is 48.4 Å². The maximum atomic E-state index is 11.1. The van der Waals surface area contributed by atoms with Gasteiger partial charge in [-0.1, -0.05) is 6.42 Å². The van der Waals surface area contributed by atoms with Crippen molar-refractivity contribution in [3.05, 3.63) is 22.3 Å². The number of carboxylic acid groups (broad SMARTS) is 1. The summed E-state index contributed by atoms with van der Waals surface area (Å²) in [6.45, 7) is 1.54. The van der Waals surface area contributed by atoms with Gasteiger partial charge in [0.15, 0.2) is 0 Å². The first-order chi connectivity index (χ1) is 9.08. The molecule has 19 heavy (non-hydrogen) atoms. The molecule has 6 heteroatoms. The minimum absolute atomic E-state index is 0.0906. The highest BCUT2D eigenvalue weighted by Gasteiger charge is 2.21. The number of hydrogen-bond donors (Lipinski definition) is 1. The van der Waals surface area contributed by atoms with Gasteiger partial charge < -0.3 is 14.7 Å². The molecule has 0 spiro atoms. The quantitative estimate of drug-likeness (QED) is 0.919. The molecule has 1 unspecified atom stereocenters. The van der Waals surface area contributed by atoms with Crippen molar-refractivity contribution in [1.29, 1.82) is 0 Å². The second-order valence-corrected chi connectivity index (χ2v) is 5.67. The molecule has 1 aromatic heterocycles. The minimum atomic E-state index is -1.03. The van der Waals surface area contributed by atoms with Crippen molar-refractivity contribution in [1.82, 2.24) is 9.88 Å². The number of aromatic nitrogens is 1. The number of halogens is 1. The fraction of sp³-hybridized carbons (Fsp3) is 0.538. The maximum Gasteiger partial charge on any atom is 0.341 e. The Bertz CT molecular complexity index is 467. The van der Waals surface area contributed by atoms with Gasteiger partial charge >= 0.3 is 5.97 Å². The smallest absolute Gasteiger partial charge is 0.341 e. The fourth-order valence-electron chi connectivity index (χ4n) is 2.22. The third-order valence-corrected chi connectivity index (χ3v) is 3.82. The number of carbonyl (C=O) groups is 1. The first kappa shape index (κ1) is 14.3. The Balaban J connectivity index is 2.04. The lowest BCUT2D eigenvalue weighted by Gasteiger charge is -2.32. The van der Waals surface area contributed by atoms with Crippen LogP contribution in [0.25, 0.3) is 0 Å². The second kappa shape index (κ2) is 6.34. The van der Waals surface area contributed by atoms with E-state index >= 15 is 0 Å². The van der Waals surface area contributed by atoms with Crippen molar-refractivity contribution in [2.75, 3.05) is 20.2 Å². The number of carboxylic acids is 1. The molecule has 104 valence electrons. The van der Waals surface area contributed by atoms with Gasteiger partial charge in [0.1, 0.15) is 12.2 Å². The van der Waals surface area contributed by atoms with Gasteiger partial charge in [0.25, 0.3) is 0 Å². The largest absolute Gasteiger partial charge is 0.477 e. The summed E-state index contributed by atoms with van der Waals surface area (Å²) in [6.07, 6.45) is 5.03. The zero-order valence-electron chi connectivity index (χ0n) is 10.8. The molecule has 1 N–H and O–H groups in total. The normalized spacial score (nSPS) is 20.2. The number of pyridine rings is 1. The molecule has 2 heterocycles. The Kier molecular flexibility index (Phi) is 4.76. The topological polar surface area (TPSA) is 62.7 Å². The highest BCUT2D eigenvalue weighted by atomic mass is 79.9. The monoisotopic (exact) mass is 328 g/mol. The van der Waals surface area contributed by atoms with E-state index in [0.717, 1.165) is 13.0 Å². The zero-order valence-corrected chi connectivity index (χ0v) is 12.4. The van der Waals surface area contributed by atoms with E-state index in [0.29, 0.717) is 17.1 Å². The van der Waals surface area contributed by atoms with E-state index in [1.54, 1.807) is 6.20 Å². The van der Waals surface area contributed by atoms with E-state index in [4.69, 9.17) is 9.84 Å². The van der Waals surface area contributed by atoms with Gasteiger partial charge in [0.2, 0.25) is 5.88 Å². The van der Waals surface area contributed by atoms with E-state index in [-0.39, 0.29) is 11.4 Å². The lowest BCUT2D eigenvalue weighted by molar-refractivity contribution is 0.0686. The molecular formula is C13H17BrN2O3. The van der Waals surface area contributed by atoms with Gasteiger partial charge in [0, 0.05) is 16.7 Å². The Labute approximate surface area is 120 Å².